The van der Waals surface area contributed by atoms with Gasteiger partial charge in [-0.3, -0.25) is 0 Å². The summed E-state index contributed by atoms with van der Waals surface area (Å²) in [4.78, 5) is 10.7. The Morgan fingerprint density at radius 2 is 1.67 bits per heavy atom. The molecule has 0 aliphatic rings. The molecule has 2 rings (SSSR count). The van der Waals surface area contributed by atoms with Crippen LogP contribution < -0.4 is 9.47 Å². The predicted molar refractivity (Wildman–Crippen MR) is 74.0 cm³/mol. The van der Waals surface area contributed by atoms with Gasteiger partial charge in [0.05, 0.1) is 0 Å². The number of aliphatic carboxylic acids is 1. The third-order valence-corrected chi connectivity index (χ3v) is 2.65. The highest BCUT2D eigenvalue weighted by atomic mass is 16.5. The van der Waals surface area contributed by atoms with Crippen molar-refractivity contribution in [1.29, 1.82) is 0 Å². The number of carboxylic acids is 1. The Kier molecular flexibility index (Phi) is 4.18. The van der Waals surface area contributed by atoms with Crippen molar-refractivity contribution in [2.24, 2.45) is 0 Å². The summed E-state index contributed by atoms with van der Waals surface area (Å²) in [5.74, 6) is -0.274. The molecule has 0 heterocycles. The van der Waals surface area contributed by atoms with Gasteiger partial charge >= 0.3 is 5.97 Å². The van der Waals surface area contributed by atoms with Crippen molar-refractivity contribution in [1.82, 2.24) is 0 Å². The van der Waals surface area contributed by atoms with Gasteiger partial charge in [0, 0.05) is 6.07 Å². The second-order valence-corrected chi connectivity index (χ2v) is 4.32. The van der Waals surface area contributed by atoms with Crippen LogP contribution in [0, 0.1) is 0 Å². The van der Waals surface area contributed by atoms with Crippen LogP contribution in [0.5, 0.6) is 28.7 Å². The first-order chi connectivity index (χ1) is 9.95. The molecular weight excluding hydrogens is 276 g/mol. The Morgan fingerprint density at radius 3 is 2.24 bits per heavy atom. The number of hydrogen-bond donors (Lipinski definition) is 3. The fraction of sp³-hybridized carbons (Fsp3) is 0.133. The minimum absolute atomic E-state index is 0.0637. The highest BCUT2D eigenvalue weighted by Crippen LogP contribution is 2.33. The third-order valence-electron chi connectivity index (χ3n) is 2.65. The Bertz CT molecular complexity index is 635. The SMILES string of the molecule is CC(Oc1ccc(Oc2ccc(O)cc2O)cc1)C(=O)O. The summed E-state index contributed by atoms with van der Waals surface area (Å²) < 4.78 is 10.6. The van der Waals surface area contributed by atoms with Gasteiger partial charge in [-0.1, -0.05) is 0 Å². The fourth-order valence-electron chi connectivity index (χ4n) is 1.56. The van der Waals surface area contributed by atoms with Crippen LogP contribution in [-0.2, 0) is 4.79 Å². The summed E-state index contributed by atoms with van der Waals surface area (Å²) >= 11 is 0. The summed E-state index contributed by atoms with van der Waals surface area (Å²) in [6, 6.07) is 10.3. The minimum Gasteiger partial charge on any atom is -0.508 e. The average Bonchev–Trinajstić information content (AvgIpc) is 2.43. The van der Waals surface area contributed by atoms with Crippen molar-refractivity contribution in [2.45, 2.75) is 13.0 Å². The van der Waals surface area contributed by atoms with E-state index in [-0.39, 0.29) is 17.2 Å². The van der Waals surface area contributed by atoms with E-state index in [0.29, 0.717) is 11.5 Å². The van der Waals surface area contributed by atoms with E-state index in [1.165, 1.54) is 25.1 Å². The molecule has 0 aromatic heterocycles. The topological polar surface area (TPSA) is 96.2 Å². The molecule has 3 N–H and O–H groups in total. The third kappa shape index (κ3) is 3.79. The summed E-state index contributed by atoms with van der Waals surface area (Å²) in [7, 11) is 0. The molecule has 0 aliphatic carbocycles. The second-order valence-electron chi connectivity index (χ2n) is 4.32. The first kappa shape index (κ1) is 14.5. The maximum absolute atomic E-state index is 10.7. The van der Waals surface area contributed by atoms with E-state index < -0.39 is 12.1 Å². The fourth-order valence-corrected chi connectivity index (χ4v) is 1.56. The van der Waals surface area contributed by atoms with Crippen molar-refractivity contribution < 1.29 is 29.6 Å². The molecule has 1 unspecified atom stereocenters. The monoisotopic (exact) mass is 290 g/mol. The molecule has 0 saturated heterocycles. The number of carbonyl (C=O) groups is 1. The smallest absolute Gasteiger partial charge is 0.344 e. The quantitative estimate of drug-likeness (QED) is 0.783. The van der Waals surface area contributed by atoms with Crippen LogP contribution in [0.2, 0.25) is 0 Å². The normalized spacial score (nSPS) is 11.7. The molecule has 0 aliphatic heterocycles. The number of hydrogen-bond acceptors (Lipinski definition) is 5. The molecule has 2 aromatic rings. The highest BCUT2D eigenvalue weighted by molar-refractivity contribution is 5.72. The van der Waals surface area contributed by atoms with Crippen LogP contribution in [0.1, 0.15) is 6.92 Å². The van der Waals surface area contributed by atoms with E-state index in [2.05, 4.69) is 0 Å². The summed E-state index contributed by atoms with van der Waals surface area (Å²) in [6.07, 6.45) is -0.946. The molecule has 0 spiro atoms. The number of phenols is 2. The largest absolute Gasteiger partial charge is 0.508 e. The standard InChI is InChI=1S/C15H14O6/c1-9(15(18)19)20-11-3-5-12(6-4-11)21-14-7-2-10(16)8-13(14)17/h2-9,16-17H,1H3,(H,18,19). The zero-order chi connectivity index (χ0) is 15.4. The predicted octanol–water partition coefficient (Wildman–Crippen LogP) is 2.74. The summed E-state index contributed by atoms with van der Waals surface area (Å²) in [5.41, 5.74) is 0. The van der Waals surface area contributed by atoms with Crippen molar-refractivity contribution in [3.8, 4) is 28.7 Å². The van der Waals surface area contributed by atoms with Crippen molar-refractivity contribution in [3.05, 3.63) is 42.5 Å². The molecule has 0 saturated carbocycles. The number of phenolic OH excluding ortho intramolecular Hbond substituents is 2. The Labute approximate surface area is 120 Å². The summed E-state index contributed by atoms with van der Waals surface area (Å²) in [6.45, 7) is 1.43. The molecule has 0 bridgehead atoms. The van der Waals surface area contributed by atoms with Gasteiger partial charge in [-0.25, -0.2) is 4.79 Å². The zero-order valence-corrected chi connectivity index (χ0v) is 11.2. The molecule has 6 heteroatoms. The molecule has 0 fully saturated rings. The Balaban J connectivity index is 2.07. The summed E-state index contributed by atoms with van der Waals surface area (Å²) in [5, 5.41) is 27.5. The van der Waals surface area contributed by atoms with Gasteiger partial charge in [0.1, 0.15) is 17.2 Å². The van der Waals surface area contributed by atoms with Gasteiger partial charge in [0.25, 0.3) is 0 Å². The molecular formula is C15H14O6. The molecule has 1 atom stereocenters. The first-order valence-electron chi connectivity index (χ1n) is 6.15. The van der Waals surface area contributed by atoms with Crippen molar-refractivity contribution >= 4 is 5.97 Å². The lowest BCUT2D eigenvalue weighted by Crippen LogP contribution is -2.22. The maximum Gasteiger partial charge on any atom is 0.344 e. The van der Waals surface area contributed by atoms with Crippen molar-refractivity contribution in [2.75, 3.05) is 0 Å². The van der Waals surface area contributed by atoms with Gasteiger partial charge in [-0.05, 0) is 43.3 Å². The van der Waals surface area contributed by atoms with Crippen LogP contribution in [0.4, 0.5) is 0 Å². The number of ether oxygens (including phenoxy) is 2. The molecule has 21 heavy (non-hydrogen) atoms. The Hall–Kier alpha value is -2.89. The van der Waals surface area contributed by atoms with Crippen molar-refractivity contribution in [3.63, 3.8) is 0 Å². The lowest BCUT2D eigenvalue weighted by atomic mass is 10.3. The zero-order valence-electron chi connectivity index (χ0n) is 11.2. The molecule has 6 nitrogen and oxygen atoms in total. The maximum atomic E-state index is 10.7. The lowest BCUT2D eigenvalue weighted by Gasteiger charge is -2.11. The molecule has 110 valence electrons. The molecule has 2 aromatic carbocycles. The average molecular weight is 290 g/mol. The number of carboxylic acid groups (broad SMARTS) is 1. The highest BCUT2D eigenvalue weighted by Gasteiger charge is 2.12. The minimum atomic E-state index is -1.05. The van der Waals surface area contributed by atoms with Gasteiger partial charge in [0.15, 0.2) is 17.6 Å². The van der Waals surface area contributed by atoms with Crippen LogP contribution in [0.25, 0.3) is 0 Å². The number of benzene rings is 2. The molecule has 0 radical (unpaired) electrons. The number of aromatic hydroxyl groups is 2. The first-order valence-corrected chi connectivity index (χ1v) is 6.15. The van der Waals surface area contributed by atoms with E-state index in [1.54, 1.807) is 24.3 Å². The van der Waals surface area contributed by atoms with Gasteiger partial charge in [0.2, 0.25) is 0 Å². The number of rotatable bonds is 5. The van der Waals surface area contributed by atoms with E-state index in [1.807, 2.05) is 0 Å². The Morgan fingerprint density at radius 1 is 1.05 bits per heavy atom. The van der Waals surface area contributed by atoms with Gasteiger partial charge in [-0.15, -0.1) is 0 Å². The molecule has 0 amide bonds. The van der Waals surface area contributed by atoms with E-state index >= 15 is 0 Å². The van der Waals surface area contributed by atoms with E-state index in [0.717, 1.165) is 0 Å². The van der Waals surface area contributed by atoms with E-state index in [9.17, 15) is 15.0 Å². The van der Waals surface area contributed by atoms with E-state index in [4.69, 9.17) is 14.6 Å². The van der Waals surface area contributed by atoms with Crippen LogP contribution in [0.15, 0.2) is 42.5 Å². The van der Waals surface area contributed by atoms with Crippen LogP contribution in [0.3, 0.4) is 0 Å². The lowest BCUT2D eigenvalue weighted by molar-refractivity contribution is -0.144. The van der Waals surface area contributed by atoms with Crippen LogP contribution >= 0.6 is 0 Å². The van der Waals surface area contributed by atoms with Gasteiger partial charge in [-0.2, -0.15) is 0 Å². The van der Waals surface area contributed by atoms with Crippen LogP contribution in [-0.4, -0.2) is 27.4 Å². The second kappa shape index (κ2) is 6.04. The van der Waals surface area contributed by atoms with Gasteiger partial charge < -0.3 is 24.8 Å².